The highest BCUT2D eigenvalue weighted by atomic mass is 19.1. The van der Waals surface area contributed by atoms with Gasteiger partial charge in [0.15, 0.2) is 0 Å². The number of halogens is 2. The minimum Gasteiger partial charge on any atom is -0.350 e. The fourth-order valence-corrected chi connectivity index (χ4v) is 2.64. The predicted octanol–water partition coefficient (Wildman–Crippen LogP) is 1.44. The average Bonchev–Trinajstić information content (AvgIpc) is 2.94. The molecule has 0 radical (unpaired) electrons. The van der Waals surface area contributed by atoms with Crippen molar-refractivity contribution >= 4 is 5.91 Å². The van der Waals surface area contributed by atoms with Crippen LogP contribution in [0, 0.1) is 11.6 Å². The fraction of sp³-hybridized carbons (Fsp3) is 0.312. The lowest BCUT2D eigenvalue weighted by Crippen LogP contribution is -2.32. The Morgan fingerprint density at radius 3 is 2.87 bits per heavy atom. The van der Waals surface area contributed by atoms with E-state index in [1.807, 2.05) is 0 Å². The van der Waals surface area contributed by atoms with Gasteiger partial charge in [-0.15, -0.1) is 0 Å². The summed E-state index contributed by atoms with van der Waals surface area (Å²) in [6, 6.07) is 4.34. The summed E-state index contributed by atoms with van der Waals surface area (Å²) in [6.45, 7) is 0.321. The second-order valence-corrected chi connectivity index (χ2v) is 5.41. The minimum absolute atomic E-state index is 0.126. The van der Waals surface area contributed by atoms with Crippen molar-refractivity contribution in [1.82, 2.24) is 15.1 Å². The summed E-state index contributed by atoms with van der Waals surface area (Å²) in [5.41, 5.74) is 1.46. The van der Waals surface area contributed by atoms with Gasteiger partial charge in [0.05, 0.1) is 17.8 Å². The molecule has 120 valence electrons. The first kappa shape index (κ1) is 15.3. The molecule has 1 amide bonds. The molecule has 1 aliphatic rings. The van der Waals surface area contributed by atoms with Gasteiger partial charge in [0.2, 0.25) is 0 Å². The molecule has 0 saturated heterocycles. The SMILES string of the molecule is O=C(NCCn1nc2c(cc1=O)CCC2)c1ccc(F)cc1F. The Morgan fingerprint density at radius 2 is 2.09 bits per heavy atom. The van der Waals surface area contributed by atoms with Crippen LogP contribution >= 0.6 is 0 Å². The number of hydrogen-bond acceptors (Lipinski definition) is 3. The summed E-state index contributed by atoms with van der Waals surface area (Å²) in [6.07, 6.45) is 2.72. The molecule has 0 saturated carbocycles. The number of aromatic nitrogens is 2. The maximum Gasteiger partial charge on any atom is 0.267 e. The van der Waals surface area contributed by atoms with Crippen LogP contribution in [0.5, 0.6) is 0 Å². The van der Waals surface area contributed by atoms with Crippen LogP contribution in [-0.4, -0.2) is 22.2 Å². The number of rotatable bonds is 4. The molecular weight excluding hydrogens is 304 g/mol. The normalized spacial score (nSPS) is 13.0. The highest BCUT2D eigenvalue weighted by molar-refractivity contribution is 5.94. The summed E-state index contributed by atoms with van der Waals surface area (Å²) in [7, 11) is 0. The summed E-state index contributed by atoms with van der Waals surface area (Å²) < 4.78 is 27.6. The van der Waals surface area contributed by atoms with Crippen LogP contribution in [0.2, 0.25) is 0 Å². The van der Waals surface area contributed by atoms with Gasteiger partial charge < -0.3 is 5.32 Å². The van der Waals surface area contributed by atoms with E-state index in [1.54, 1.807) is 6.07 Å². The standard InChI is InChI=1S/C16H15F2N3O2/c17-11-4-5-12(13(18)9-11)16(23)19-6-7-21-15(22)8-10-2-1-3-14(10)20-21/h4-5,8-9H,1-3,6-7H2,(H,19,23). The molecule has 5 nitrogen and oxygen atoms in total. The van der Waals surface area contributed by atoms with Gasteiger partial charge in [-0.25, -0.2) is 13.5 Å². The zero-order valence-electron chi connectivity index (χ0n) is 12.3. The van der Waals surface area contributed by atoms with Crippen LogP contribution in [0.25, 0.3) is 0 Å². The van der Waals surface area contributed by atoms with E-state index >= 15 is 0 Å². The number of carbonyl (C=O) groups excluding carboxylic acids is 1. The molecule has 23 heavy (non-hydrogen) atoms. The largest absolute Gasteiger partial charge is 0.350 e. The van der Waals surface area contributed by atoms with Crippen molar-refractivity contribution in [3.8, 4) is 0 Å². The number of hydrogen-bond donors (Lipinski definition) is 1. The Labute approximate surface area is 130 Å². The number of benzene rings is 1. The Bertz CT molecular complexity index is 817. The number of nitrogens with zero attached hydrogens (tertiary/aromatic N) is 2. The monoisotopic (exact) mass is 319 g/mol. The van der Waals surface area contributed by atoms with E-state index < -0.39 is 17.5 Å². The quantitative estimate of drug-likeness (QED) is 0.927. The van der Waals surface area contributed by atoms with Crippen LogP contribution in [0.15, 0.2) is 29.1 Å². The Balaban J connectivity index is 1.63. The molecule has 1 aromatic carbocycles. The topological polar surface area (TPSA) is 64.0 Å². The molecule has 1 heterocycles. The smallest absolute Gasteiger partial charge is 0.267 e. The van der Waals surface area contributed by atoms with Gasteiger partial charge in [-0.05, 0) is 37.0 Å². The van der Waals surface area contributed by atoms with E-state index in [4.69, 9.17) is 0 Å². The number of carbonyl (C=O) groups is 1. The summed E-state index contributed by atoms with van der Waals surface area (Å²) in [5, 5.41) is 6.78. The van der Waals surface area contributed by atoms with Crippen LogP contribution < -0.4 is 10.9 Å². The lowest BCUT2D eigenvalue weighted by Gasteiger charge is -2.09. The number of amides is 1. The molecule has 3 rings (SSSR count). The molecule has 7 heteroatoms. The highest BCUT2D eigenvalue weighted by Gasteiger charge is 2.15. The molecule has 1 aromatic heterocycles. The molecule has 0 aliphatic heterocycles. The molecule has 0 atom stereocenters. The Kier molecular flexibility index (Phi) is 4.18. The van der Waals surface area contributed by atoms with E-state index in [0.717, 1.165) is 42.7 Å². The van der Waals surface area contributed by atoms with Gasteiger partial charge in [0.25, 0.3) is 11.5 Å². The van der Waals surface area contributed by atoms with Crippen molar-refractivity contribution in [2.75, 3.05) is 6.54 Å². The number of nitrogens with one attached hydrogen (secondary N) is 1. The fourth-order valence-electron chi connectivity index (χ4n) is 2.64. The van der Waals surface area contributed by atoms with E-state index in [2.05, 4.69) is 10.4 Å². The lowest BCUT2D eigenvalue weighted by atomic mass is 10.2. The molecule has 1 aliphatic carbocycles. The van der Waals surface area contributed by atoms with Gasteiger partial charge >= 0.3 is 0 Å². The van der Waals surface area contributed by atoms with E-state index in [9.17, 15) is 18.4 Å². The molecule has 0 spiro atoms. The molecule has 1 N–H and O–H groups in total. The first-order valence-corrected chi connectivity index (χ1v) is 7.38. The molecule has 0 fully saturated rings. The zero-order chi connectivity index (χ0) is 16.4. The van der Waals surface area contributed by atoms with E-state index in [0.29, 0.717) is 6.07 Å². The van der Waals surface area contributed by atoms with Crippen molar-refractivity contribution < 1.29 is 13.6 Å². The first-order chi connectivity index (χ1) is 11.0. The molecular formula is C16H15F2N3O2. The predicted molar refractivity (Wildman–Crippen MR) is 79.2 cm³/mol. The van der Waals surface area contributed by atoms with Crippen molar-refractivity contribution in [2.24, 2.45) is 0 Å². The van der Waals surface area contributed by atoms with Crippen molar-refractivity contribution in [3.63, 3.8) is 0 Å². The van der Waals surface area contributed by atoms with Crippen molar-refractivity contribution in [2.45, 2.75) is 25.8 Å². The highest BCUT2D eigenvalue weighted by Crippen LogP contribution is 2.16. The van der Waals surface area contributed by atoms with Crippen LogP contribution in [0.3, 0.4) is 0 Å². The van der Waals surface area contributed by atoms with Gasteiger partial charge in [0, 0.05) is 18.7 Å². The second kappa shape index (κ2) is 6.28. The second-order valence-electron chi connectivity index (χ2n) is 5.41. The first-order valence-electron chi connectivity index (χ1n) is 7.38. The maximum absolute atomic E-state index is 13.5. The zero-order valence-corrected chi connectivity index (χ0v) is 12.3. The van der Waals surface area contributed by atoms with Crippen LogP contribution in [-0.2, 0) is 19.4 Å². The Hall–Kier alpha value is -2.57. The lowest BCUT2D eigenvalue weighted by molar-refractivity contribution is 0.0947. The van der Waals surface area contributed by atoms with Gasteiger partial charge in [-0.2, -0.15) is 5.10 Å². The maximum atomic E-state index is 13.5. The molecule has 0 bridgehead atoms. The van der Waals surface area contributed by atoms with Crippen molar-refractivity contribution in [1.29, 1.82) is 0 Å². The third-order valence-corrected chi connectivity index (χ3v) is 3.81. The molecule has 0 unspecified atom stereocenters. The summed E-state index contributed by atoms with van der Waals surface area (Å²) >= 11 is 0. The number of aryl methyl sites for hydroxylation is 2. The summed E-state index contributed by atoms with van der Waals surface area (Å²) in [5.74, 6) is -2.32. The van der Waals surface area contributed by atoms with Gasteiger partial charge in [-0.1, -0.05) is 0 Å². The van der Waals surface area contributed by atoms with Crippen LogP contribution in [0.1, 0.15) is 28.0 Å². The minimum atomic E-state index is -0.921. The Morgan fingerprint density at radius 1 is 1.26 bits per heavy atom. The van der Waals surface area contributed by atoms with E-state index in [-0.39, 0.29) is 24.2 Å². The van der Waals surface area contributed by atoms with Gasteiger partial charge in [-0.3, -0.25) is 9.59 Å². The third-order valence-electron chi connectivity index (χ3n) is 3.81. The van der Waals surface area contributed by atoms with E-state index in [1.165, 1.54) is 4.68 Å². The van der Waals surface area contributed by atoms with Gasteiger partial charge in [0.1, 0.15) is 11.6 Å². The average molecular weight is 319 g/mol. The molecule has 2 aromatic rings. The number of fused-ring (bicyclic) bond motifs is 1. The van der Waals surface area contributed by atoms with Crippen molar-refractivity contribution in [3.05, 3.63) is 63.1 Å². The van der Waals surface area contributed by atoms with Crippen LogP contribution in [0.4, 0.5) is 8.78 Å². The summed E-state index contributed by atoms with van der Waals surface area (Å²) in [4.78, 5) is 23.8. The third kappa shape index (κ3) is 3.28.